The van der Waals surface area contributed by atoms with E-state index in [1.54, 1.807) is 6.92 Å². The minimum Gasteiger partial charge on any atom is -0.348 e. The van der Waals surface area contributed by atoms with Crippen molar-refractivity contribution in [3.05, 3.63) is 12.2 Å². The summed E-state index contributed by atoms with van der Waals surface area (Å²) in [6.07, 6.45) is -0.292. The van der Waals surface area contributed by atoms with Gasteiger partial charge in [0.25, 0.3) is 0 Å². The maximum absolute atomic E-state index is 11.3. The monoisotopic (exact) mass is 229 g/mol. The van der Waals surface area contributed by atoms with E-state index in [0.29, 0.717) is 12.1 Å². The van der Waals surface area contributed by atoms with Gasteiger partial charge in [-0.15, -0.1) is 0 Å². The van der Waals surface area contributed by atoms with Gasteiger partial charge < -0.3 is 14.8 Å². The van der Waals surface area contributed by atoms with E-state index in [2.05, 4.69) is 11.9 Å². The molecular formula is C12H23NO3. The van der Waals surface area contributed by atoms with Crippen LogP contribution in [0.2, 0.25) is 0 Å². The van der Waals surface area contributed by atoms with Crippen molar-refractivity contribution in [3.63, 3.8) is 0 Å². The molecule has 94 valence electrons. The van der Waals surface area contributed by atoms with E-state index in [-0.39, 0.29) is 18.1 Å². The molecule has 0 aromatic rings. The first-order valence-corrected chi connectivity index (χ1v) is 5.57. The number of carbonyl (C=O) groups excluding carboxylic acids is 1. The van der Waals surface area contributed by atoms with Gasteiger partial charge in [0.2, 0.25) is 5.91 Å². The molecule has 16 heavy (non-hydrogen) atoms. The number of rotatable bonds is 7. The molecule has 0 saturated heterocycles. The highest BCUT2D eigenvalue weighted by molar-refractivity contribution is 5.92. The van der Waals surface area contributed by atoms with Gasteiger partial charge in [-0.05, 0) is 34.6 Å². The lowest BCUT2D eigenvalue weighted by atomic mass is 10.3. The van der Waals surface area contributed by atoms with Gasteiger partial charge in [-0.1, -0.05) is 6.58 Å². The van der Waals surface area contributed by atoms with E-state index in [1.165, 1.54) is 0 Å². The molecule has 1 amide bonds. The molecule has 4 heteroatoms. The number of nitrogens with one attached hydrogen (secondary N) is 1. The molecule has 0 saturated carbocycles. The maximum atomic E-state index is 11.3. The molecule has 0 bridgehead atoms. The van der Waals surface area contributed by atoms with E-state index in [4.69, 9.17) is 9.47 Å². The summed E-state index contributed by atoms with van der Waals surface area (Å²) in [6.45, 7) is 13.3. The number of amides is 1. The van der Waals surface area contributed by atoms with E-state index < -0.39 is 6.29 Å². The zero-order valence-corrected chi connectivity index (χ0v) is 10.9. The second kappa shape index (κ2) is 7.41. The molecule has 0 aliphatic heterocycles. The van der Waals surface area contributed by atoms with E-state index >= 15 is 0 Å². The Morgan fingerprint density at radius 3 is 1.94 bits per heavy atom. The van der Waals surface area contributed by atoms with Crippen LogP contribution in [-0.2, 0) is 14.3 Å². The largest absolute Gasteiger partial charge is 0.348 e. The molecule has 0 aliphatic carbocycles. The number of carbonyl (C=O) groups is 1. The van der Waals surface area contributed by atoms with E-state index in [9.17, 15) is 4.79 Å². The van der Waals surface area contributed by atoms with Crippen molar-refractivity contribution in [1.29, 1.82) is 0 Å². The van der Waals surface area contributed by atoms with Crippen molar-refractivity contribution in [1.82, 2.24) is 5.32 Å². The summed E-state index contributed by atoms with van der Waals surface area (Å²) in [7, 11) is 0. The van der Waals surface area contributed by atoms with Crippen LogP contribution in [0.1, 0.15) is 34.6 Å². The maximum Gasteiger partial charge on any atom is 0.246 e. The van der Waals surface area contributed by atoms with Crippen LogP contribution in [0.15, 0.2) is 12.2 Å². The lowest BCUT2D eigenvalue weighted by Gasteiger charge is -2.23. The van der Waals surface area contributed by atoms with Crippen molar-refractivity contribution in [2.45, 2.75) is 53.1 Å². The Bertz CT molecular complexity index is 226. The van der Waals surface area contributed by atoms with Crippen molar-refractivity contribution in [3.8, 4) is 0 Å². The molecule has 0 aromatic heterocycles. The topological polar surface area (TPSA) is 47.6 Å². The first kappa shape index (κ1) is 15.1. The molecular weight excluding hydrogens is 206 g/mol. The second-order valence-electron chi connectivity index (χ2n) is 4.29. The average molecular weight is 229 g/mol. The van der Waals surface area contributed by atoms with Gasteiger partial charge in [0, 0.05) is 5.57 Å². The molecule has 1 N–H and O–H groups in total. The second-order valence-corrected chi connectivity index (χ2v) is 4.29. The lowest BCUT2D eigenvalue weighted by molar-refractivity contribution is -0.178. The van der Waals surface area contributed by atoms with E-state index in [1.807, 2.05) is 27.7 Å². The third-order valence-corrected chi connectivity index (χ3v) is 1.66. The molecule has 0 radical (unpaired) electrons. The van der Waals surface area contributed by atoms with Gasteiger partial charge in [-0.2, -0.15) is 0 Å². The Kier molecular flexibility index (Phi) is 7.01. The van der Waals surface area contributed by atoms with Crippen molar-refractivity contribution >= 4 is 5.91 Å². The molecule has 0 fully saturated rings. The zero-order chi connectivity index (χ0) is 12.7. The minimum absolute atomic E-state index is 0.0606. The normalized spacial score (nSPS) is 11.2. The summed E-state index contributed by atoms with van der Waals surface area (Å²) in [5.41, 5.74) is 0.479. The molecule has 0 unspecified atom stereocenters. The molecule has 0 atom stereocenters. The van der Waals surface area contributed by atoms with Crippen molar-refractivity contribution < 1.29 is 14.3 Å². The minimum atomic E-state index is -0.414. The first-order chi connectivity index (χ1) is 7.32. The fourth-order valence-electron chi connectivity index (χ4n) is 1.06. The third-order valence-electron chi connectivity index (χ3n) is 1.66. The Morgan fingerprint density at radius 2 is 1.62 bits per heavy atom. The molecule has 0 spiro atoms. The van der Waals surface area contributed by atoms with Crippen LogP contribution in [0.4, 0.5) is 0 Å². The van der Waals surface area contributed by atoms with Gasteiger partial charge in [-0.25, -0.2) is 0 Å². The molecule has 0 heterocycles. The van der Waals surface area contributed by atoms with Gasteiger partial charge in [0.1, 0.15) is 0 Å². The summed E-state index contributed by atoms with van der Waals surface area (Å²) in [5.74, 6) is -0.176. The van der Waals surface area contributed by atoms with Crippen LogP contribution < -0.4 is 5.32 Å². The summed E-state index contributed by atoms with van der Waals surface area (Å²) < 4.78 is 11.0. The Labute approximate surface area is 98.0 Å². The molecule has 0 aromatic carbocycles. The average Bonchev–Trinajstić information content (AvgIpc) is 2.11. The van der Waals surface area contributed by atoms with Crippen LogP contribution in [0.3, 0.4) is 0 Å². The predicted molar refractivity (Wildman–Crippen MR) is 64.1 cm³/mol. The number of hydrogen-bond donors (Lipinski definition) is 1. The Balaban J connectivity index is 4.10. The lowest BCUT2D eigenvalue weighted by Crippen LogP contribution is -2.38. The fraction of sp³-hybridized carbons (Fsp3) is 0.750. The number of ether oxygens (including phenoxy) is 2. The Hall–Kier alpha value is -0.870. The third kappa shape index (κ3) is 7.43. The SMILES string of the molecule is C=C(C)C(=O)NCC(OC(C)C)OC(C)C. The number of hydrogen-bond acceptors (Lipinski definition) is 3. The molecule has 0 aliphatic rings. The van der Waals surface area contributed by atoms with Crippen LogP contribution in [-0.4, -0.2) is 30.9 Å². The predicted octanol–water partition coefficient (Wildman–Crippen LogP) is 1.85. The van der Waals surface area contributed by atoms with E-state index in [0.717, 1.165) is 0 Å². The molecule has 4 nitrogen and oxygen atoms in total. The van der Waals surface area contributed by atoms with Gasteiger partial charge >= 0.3 is 0 Å². The van der Waals surface area contributed by atoms with Crippen molar-refractivity contribution in [2.24, 2.45) is 0 Å². The van der Waals surface area contributed by atoms with Crippen molar-refractivity contribution in [2.75, 3.05) is 6.54 Å². The van der Waals surface area contributed by atoms with Crippen LogP contribution in [0, 0.1) is 0 Å². The summed E-state index contributed by atoms with van der Waals surface area (Å²) in [4.78, 5) is 11.3. The van der Waals surface area contributed by atoms with Gasteiger partial charge in [-0.3, -0.25) is 4.79 Å². The zero-order valence-electron chi connectivity index (χ0n) is 10.9. The summed E-state index contributed by atoms with van der Waals surface area (Å²) in [5, 5.41) is 2.70. The van der Waals surface area contributed by atoms with Crippen LogP contribution in [0.25, 0.3) is 0 Å². The van der Waals surface area contributed by atoms with Gasteiger partial charge in [0.15, 0.2) is 6.29 Å². The highest BCUT2D eigenvalue weighted by Gasteiger charge is 2.14. The highest BCUT2D eigenvalue weighted by Crippen LogP contribution is 2.03. The first-order valence-electron chi connectivity index (χ1n) is 5.57. The standard InChI is InChI=1S/C12H23NO3/c1-8(2)12(14)13-7-11(15-9(3)4)16-10(5)6/h9-11H,1,7H2,2-6H3,(H,13,14). The van der Waals surface area contributed by atoms with Crippen LogP contribution >= 0.6 is 0 Å². The smallest absolute Gasteiger partial charge is 0.246 e. The fourth-order valence-corrected chi connectivity index (χ4v) is 1.06. The summed E-state index contributed by atoms with van der Waals surface area (Å²) in [6, 6.07) is 0. The highest BCUT2D eigenvalue weighted by atomic mass is 16.7. The quantitative estimate of drug-likeness (QED) is 0.535. The van der Waals surface area contributed by atoms with Gasteiger partial charge in [0.05, 0.1) is 18.8 Å². The summed E-state index contributed by atoms with van der Waals surface area (Å²) >= 11 is 0. The Morgan fingerprint density at radius 1 is 1.19 bits per heavy atom. The molecule has 0 rings (SSSR count). The van der Waals surface area contributed by atoms with Crippen LogP contribution in [0.5, 0.6) is 0 Å².